The van der Waals surface area contributed by atoms with E-state index >= 15 is 0 Å². The summed E-state index contributed by atoms with van der Waals surface area (Å²) in [5, 5.41) is 20.9. The van der Waals surface area contributed by atoms with Gasteiger partial charge in [-0.05, 0) is 11.1 Å². The van der Waals surface area contributed by atoms with Gasteiger partial charge < -0.3 is 24.4 Å². The van der Waals surface area contributed by atoms with Gasteiger partial charge in [0.15, 0.2) is 5.79 Å². The molecule has 114 valence electrons. The van der Waals surface area contributed by atoms with Gasteiger partial charge in [0.05, 0.1) is 32.0 Å². The van der Waals surface area contributed by atoms with Crippen LogP contribution in [-0.4, -0.2) is 40.4 Å². The predicted octanol–water partition coefficient (Wildman–Crippen LogP) is 1.10. The second kappa shape index (κ2) is 4.76. The first kappa shape index (κ1) is 13.7. The Morgan fingerprint density at radius 2 is 1.71 bits per heavy atom. The van der Waals surface area contributed by atoms with Crippen molar-refractivity contribution in [3.05, 3.63) is 35.4 Å². The molecule has 2 aliphatic heterocycles. The van der Waals surface area contributed by atoms with E-state index < -0.39 is 23.6 Å². The van der Waals surface area contributed by atoms with Crippen LogP contribution in [0.3, 0.4) is 0 Å². The van der Waals surface area contributed by atoms with Gasteiger partial charge in [0.25, 0.3) is 0 Å². The second-order valence-electron chi connectivity index (χ2n) is 6.28. The highest BCUT2D eigenvalue weighted by molar-refractivity contribution is 5.26. The van der Waals surface area contributed by atoms with E-state index in [1.54, 1.807) is 0 Å². The molecule has 4 rings (SSSR count). The lowest BCUT2D eigenvalue weighted by molar-refractivity contribution is -0.308. The molecule has 1 aromatic carbocycles. The zero-order valence-electron chi connectivity index (χ0n) is 11.8. The van der Waals surface area contributed by atoms with Crippen molar-refractivity contribution < 1.29 is 24.4 Å². The van der Waals surface area contributed by atoms with E-state index in [9.17, 15) is 10.2 Å². The summed E-state index contributed by atoms with van der Waals surface area (Å²) < 4.78 is 17.6. The second-order valence-corrected chi connectivity index (χ2v) is 6.28. The lowest BCUT2D eigenvalue weighted by atomic mass is 9.76. The van der Waals surface area contributed by atoms with Crippen LogP contribution in [0.25, 0.3) is 0 Å². The van der Waals surface area contributed by atoms with E-state index in [1.165, 1.54) is 0 Å². The maximum Gasteiger partial charge on any atom is 0.174 e. The van der Waals surface area contributed by atoms with Gasteiger partial charge in [-0.15, -0.1) is 0 Å². The third kappa shape index (κ3) is 2.12. The minimum atomic E-state index is -1.16. The maximum atomic E-state index is 10.6. The first-order valence-corrected chi connectivity index (χ1v) is 7.48. The zero-order valence-corrected chi connectivity index (χ0v) is 11.8. The Morgan fingerprint density at radius 1 is 1.05 bits per heavy atom. The summed E-state index contributed by atoms with van der Waals surface area (Å²) in [7, 11) is 0. The van der Waals surface area contributed by atoms with Crippen LogP contribution in [0.4, 0.5) is 0 Å². The van der Waals surface area contributed by atoms with E-state index in [4.69, 9.17) is 14.2 Å². The molecule has 3 aliphatic rings. The molecule has 0 unspecified atom stereocenters. The van der Waals surface area contributed by atoms with Crippen molar-refractivity contribution in [2.45, 2.75) is 56.1 Å². The fourth-order valence-corrected chi connectivity index (χ4v) is 3.66. The van der Waals surface area contributed by atoms with Crippen LogP contribution in [-0.2, 0) is 27.4 Å². The number of rotatable bonds is 0. The number of benzene rings is 1. The van der Waals surface area contributed by atoms with Crippen LogP contribution in [0.1, 0.15) is 30.4 Å². The van der Waals surface area contributed by atoms with Crippen molar-refractivity contribution in [2.75, 3.05) is 6.61 Å². The van der Waals surface area contributed by atoms with Crippen molar-refractivity contribution >= 4 is 0 Å². The Balaban J connectivity index is 1.59. The number of fused-ring (bicyclic) bond motifs is 2. The average Bonchev–Trinajstić information content (AvgIpc) is 2.77. The smallest absolute Gasteiger partial charge is 0.174 e. The van der Waals surface area contributed by atoms with Crippen LogP contribution >= 0.6 is 0 Å². The van der Waals surface area contributed by atoms with Crippen molar-refractivity contribution in [3.63, 3.8) is 0 Å². The highest BCUT2D eigenvalue weighted by atomic mass is 16.7. The molecule has 2 heterocycles. The van der Waals surface area contributed by atoms with E-state index in [-0.39, 0.29) is 6.42 Å². The molecule has 1 spiro atoms. The molecule has 5 nitrogen and oxygen atoms in total. The molecule has 1 saturated heterocycles. The van der Waals surface area contributed by atoms with E-state index in [0.717, 1.165) is 11.1 Å². The molecule has 0 amide bonds. The van der Waals surface area contributed by atoms with Gasteiger partial charge in [-0.25, -0.2) is 0 Å². The molecule has 1 aliphatic carbocycles. The monoisotopic (exact) mass is 292 g/mol. The summed E-state index contributed by atoms with van der Waals surface area (Å²) in [5.41, 5.74) is 1.06. The van der Waals surface area contributed by atoms with E-state index in [0.29, 0.717) is 32.7 Å². The Kier molecular flexibility index (Phi) is 3.10. The first-order chi connectivity index (χ1) is 10.1. The van der Waals surface area contributed by atoms with Crippen LogP contribution in [0.5, 0.6) is 0 Å². The number of ether oxygens (including phenoxy) is 3. The molecule has 0 radical (unpaired) electrons. The SMILES string of the molecule is O[C@@H]1CC2(C[C@@H]3OCC[C@]13O)OCc1ccccc1CO2. The highest BCUT2D eigenvalue weighted by Crippen LogP contribution is 2.46. The Morgan fingerprint density at radius 3 is 2.38 bits per heavy atom. The quantitative estimate of drug-likeness (QED) is 0.749. The van der Waals surface area contributed by atoms with Crippen LogP contribution in [0.15, 0.2) is 24.3 Å². The third-order valence-corrected chi connectivity index (χ3v) is 5.06. The molecule has 3 atom stereocenters. The zero-order chi connectivity index (χ0) is 14.5. The first-order valence-electron chi connectivity index (χ1n) is 7.48. The molecular weight excluding hydrogens is 272 g/mol. The van der Waals surface area contributed by atoms with Crippen molar-refractivity contribution in [3.8, 4) is 0 Å². The highest BCUT2D eigenvalue weighted by Gasteiger charge is 2.58. The fraction of sp³-hybridized carbons (Fsp3) is 0.625. The molecule has 0 aromatic heterocycles. The number of aliphatic hydroxyl groups excluding tert-OH is 1. The fourth-order valence-electron chi connectivity index (χ4n) is 3.66. The lowest BCUT2D eigenvalue weighted by Gasteiger charge is -2.46. The summed E-state index contributed by atoms with van der Waals surface area (Å²) in [6, 6.07) is 8.02. The van der Waals surface area contributed by atoms with E-state index in [2.05, 4.69) is 0 Å². The van der Waals surface area contributed by atoms with Gasteiger partial charge in [0.1, 0.15) is 5.60 Å². The molecule has 5 heteroatoms. The summed E-state index contributed by atoms with van der Waals surface area (Å²) in [6.45, 7) is 1.37. The molecule has 21 heavy (non-hydrogen) atoms. The summed E-state index contributed by atoms with van der Waals surface area (Å²) in [6.07, 6.45) is -0.122. The van der Waals surface area contributed by atoms with Gasteiger partial charge in [-0.2, -0.15) is 0 Å². The number of aliphatic hydroxyl groups is 2. The predicted molar refractivity (Wildman–Crippen MR) is 73.3 cm³/mol. The lowest BCUT2D eigenvalue weighted by Crippen LogP contribution is -2.60. The molecule has 0 bridgehead atoms. The Labute approximate surface area is 123 Å². The van der Waals surface area contributed by atoms with Crippen molar-refractivity contribution in [1.29, 1.82) is 0 Å². The largest absolute Gasteiger partial charge is 0.390 e. The molecule has 2 N–H and O–H groups in total. The van der Waals surface area contributed by atoms with E-state index in [1.807, 2.05) is 24.3 Å². The van der Waals surface area contributed by atoms with Crippen LogP contribution in [0.2, 0.25) is 0 Å². The molecule has 1 aromatic rings. The number of hydrogen-bond acceptors (Lipinski definition) is 5. The van der Waals surface area contributed by atoms with Gasteiger partial charge >= 0.3 is 0 Å². The summed E-state index contributed by atoms with van der Waals surface area (Å²) >= 11 is 0. The maximum absolute atomic E-state index is 10.6. The summed E-state index contributed by atoms with van der Waals surface area (Å²) in [4.78, 5) is 0. The Bertz CT molecular complexity index is 518. The summed E-state index contributed by atoms with van der Waals surface area (Å²) in [5.74, 6) is -0.875. The van der Waals surface area contributed by atoms with Crippen molar-refractivity contribution in [1.82, 2.24) is 0 Å². The molecule has 2 fully saturated rings. The van der Waals surface area contributed by atoms with Crippen molar-refractivity contribution in [2.24, 2.45) is 0 Å². The third-order valence-electron chi connectivity index (χ3n) is 5.06. The normalized spacial score (nSPS) is 37.8. The number of hydrogen-bond donors (Lipinski definition) is 2. The van der Waals surface area contributed by atoms with Gasteiger partial charge in [0.2, 0.25) is 0 Å². The standard InChI is InChI=1S/C16H20O5/c17-13-7-15(8-14-16(13,18)5-6-19-14)20-9-11-3-1-2-4-12(11)10-21-15/h1-4,13-14,17-18H,5-10H2/t13-,14+,16+/m1/s1. The van der Waals surface area contributed by atoms with Gasteiger partial charge in [0, 0.05) is 19.3 Å². The van der Waals surface area contributed by atoms with Crippen LogP contribution < -0.4 is 0 Å². The minimum absolute atomic E-state index is 0.275. The van der Waals surface area contributed by atoms with Crippen LogP contribution in [0, 0.1) is 0 Å². The average molecular weight is 292 g/mol. The minimum Gasteiger partial charge on any atom is -0.390 e. The molecule has 1 saturated carbocycles. The van der Waals surface area contributed by atoms with Gasteiger partial charge in [-0.3, -0.25) is 0 Å². The van der Waals surface area contributed by atoms with Gasteiger partial charge in [-0.1, -0.05) is 24.3 Å². The molecular formula is C16H20O5. The Hall–Kier alpha value is -0.980. The topological polar surface area (TPSA) is 68.2 Å².